The smallest absolute Gasteiger partial charge is 0.253 e. The fourth-order valence-electron chi connectivity index (χ4n) is 4.22. The average Bonchev–Trinajstić information content (AvgIpc) is 3.23. The zero-order valence-corrected chi connectivity index (χ0v) is 17.7. The van der Waals surface area contributed by atoms with Gasteiger partial charge in [-0.1, -0.05) is 18.2 Å². The number of hydrogen-bond donors (Lipinski definition) is 3. The van der Waals surface area contributed by atoms with Crippen LogP contribution in [0.4, 0.5) is 5.95 Å². The van der Waals surface area contributed by atoms with Gasteiger partial charge in [0.15, 0.2) is 0 Å². The van der Waals surface area contributed by atoms with Crippen LogP contribution in [0.2, 0.25) is 0 Å². The Bertz CT molecular complexity index is 1210. The molecule has 164 valence electrons. The lowest BCUT2D eigenvalue weighted by Gasteiger charge is -2.26. The number of nitrogens with one attached hydrogen (secondary N) is 2. The number of amides is 1. The number of carbonyl (C=O) groups excluding carboxylic acids is 1. The Morgan fingerprint density at radius 1 is 1.09 bits per heavy atom. The van der Waals surface area contributed by atoms with Gasteiger partial charge in [0, 0.05) is 43.0 Å². The summed E-state index contributed by atoms with van der Waals surface area (Å²) in [4.78, 5) is 26.5. The number of aliphatic hydroxyl groups excluding tert-OH is 1. The first kappa shape index (κ1) is 20.4. The number of fused-ring (bicyclic) bond motifs is 2. The summed E-state index contributed by atoms with van der Waals surface area (Å²) in [5, 5.41) is 16.9. The molecule has 5 rings (SSSR count). The number of para-hydroxylation sites is 1. The van der Waals surface area contributed by atoms with Crippen molar-refractivity contribution in [3.63, 3.8) is 0 Å². The van der Waals surface area contributed by atoms with Crippen molar-refractivity contribution in [2.75, 3.05) is 11.9 Å². The van der Waals surface area contributed by atoms with E-state index in [0.29, 0.717) is 30.0 Å². The topological polar surface area (TPSA) is 104 Å². The number of aromatic nitrogens is 4. The minimum absolute atomic E-state index is 0.162. The SMILES string of the molecule is O=C(NCCc1cn2ccccc2n1)c1cccc2cnc(N[C@H]3CC[C@H](O)CC3)nc12. The Kier molecular flexibility index (Phi) is 5.68. The number of aliphatic hydroxyl groups is 1. The van der Waals surface area contributed by atoms with Gasteiger partial charge in [-0.3, -0.25) is 4.79 Å². The molecule has 1 aliphatic rings. The van der Waals surface area contributed by atoms with Crippen LogP contribution in [-0.2, 0) is 6.42 Å². The molecule has 0 bridgehead atoms. The van der Waals surface area contributed by atoms with E-state index < -0.39 is 0 Å². The van der Waals surface area contributed by atoms with Gasteiger partial charge in [0.2, 0.25) is 5.95 Å². The van der Waals surface area contributed by atoms with Crippen molar-refractivity contribution < 1.29 is 9.90 Å². The van der Waals surface area contributed by atoms with Gasteiger partial charge in [-0.05, 0) is 43.9 Å². The summed E-state index contributed by atoms with van der Waals surface area (Å²) in [5.74, 6) is 0.355. The third kappa shape index (κ3) is 4.40. The Hall–Kier alpha value is -3.52. The van der Waals surface area contributed by atoms with Crippen LogP contribution in [0.25, 0.3) is 16.6 Å². The lowest BCUT2D eigenvalue weighted by Crippen LogP contribution is -2.29. The van der Waals surface area contributed by atoms with Crippen LogP contribution in [0.3, 0.4) is 0 Å². The summed E-state index contributed by atoms with van der Waals surface area (Å²) < 4.78 is 1.97. The maximum absolute atomic E-state index is 12.9. The standard InChI is InChI=1S/C24H26N6O2/c31-19-9-7-17(8-10-19)28-24-26-14-16-4-3-5-20(22(16)29-24)23(32)25-12-11-18-15-30-13-2-1-6-21(30)27-18/h1-6,13-15,17,19,31H,7-12H2,(H,25,32)(H,26,28,29)/t17-,19-. The molecule has 1 aliphatic carbocycles. The second-order valence-corrected chi connectivity index (χ2v) is 8.29. The van der Waals surface area contributed by atoms with Crippen molar-refractivity contribution in [3.05, 3.63) is 66.2 Å². The predicted molar refractivity (Wildman–Crippen MR) is 123 cm³/mol. The number of imidazole rings is 1. The molecule has 0 radical (unpaired) electrons. The van der Waals surface area contributed by atoms with Crippen molar-refractivity contribution in [2.24, 2.45) is 0 Å². The van der Waals surface area contributed by atoms with Crippen LogP contribution < -0.4 is 10.6 Å². The highest BCUT2D eigenvalue weighted by Gasteiger charge is 2.20. The molecule has 1 saturated carbocycles. The molecule has 8 nitrogen and oxygen atoms in total. The Balaban J connectivity index is 1.27. The molecule has 1 amide bonds. The van der Waals surface area contributed by atoms with E-state index in [1.807, 2.05) is 47.1 Å². The van der Waals surface area contributed by atoms with E-state index >= 15 is 0 Å². The third-order valence-corrected chi connectivity index (χ3v) is 5.97. The first-order chi connectivity index (χ1) is 15.7. The molecule has 8 heteroatoms. The summed E-state index contributed by atoms with van der Waals surface area (Å²) in [6, 6.07) is 11.7. The van der Waals surface area contributed by atoms with Gasteiger partial charge in [-0.25, -0.2) is 15.0 Å². The lowest BCUT2D eigenvalue weighted by atomic mass is 9.93. The second-order valence-electron chi connectivity index (χ2n) is 8.29. The van der Waals surface area contributed by atoms with Crippen molar-refractivity contribution in [1.82, 2.24) is 24.7 Å². The van der Waals surface area contributed by atoms with E-state index in [1.165, 1.54) is 0 Å². The maximum Gasteiger partial charge on any atom is 0.253 e. The number of pyridine rings is 1. The molecule has 1 fully saturated rings. The molecule has 3 heterocycles. The summed E-state index contributed by atoms with van der Waals surface area (Å²) in [6.07, 6.45) is 9.46. The normalized spacial score (nSPS) is 18.7. The molecule has 0 unspecified atom stereocenters. The molecule has 0 aliphatic heterocycles. The second kappa shape index (κ2) is 8.92. The molecule has 0 saturated heterocycles. The lowest BCUT2D eigenvalue weighted by molar-refractivity contribution is 0.0955. The summed E-state index contributed by atoms with van der Waals surface area (Å²) in [6.45, 7) is 0.486. The third-order valence-electron chi connectivity index (χ3n) is 5.97. The maximum atomic E-state index is 12.9. The molecular formula is C24H26N6O2. The van der Waals surface area contributed by atoms with Crippen LogP contribution in [0.5, 0.6) is 0 Å². The molecule has 1 aromatic carbocycles. The fourth-order valence-corrected chi connectivity index (χ4v) is 4.22. The molecule has 0 atom stereocenters. The van der Waals surface area contributed by atoms with E-state index in [-0.39, 0.29) is 18.1 Å². The van der Waals surface area contributed by atoms with Crippen LogP contribution in [0.15, 0.2) is 55.0 Å². The zero-order valence-electron chi connectivity index (χ0n) is 17.7. The Morgan fingerprint density at radius 2 is 1.97 bits per heavy atom. The molecule has 0 spiro atoms. The Morgan fingerprint density at radius 3 is 2.81 bits per heavy atom. The van der Waals surface area contributed by atoms with Gasteiger partial charge < -0.3 is 20.1 Å². The summed E-state index contributed by atoms with van der Waals surface area (Å²) >= 11 is 0. The van der Waals surface area contributed by atoms with E-state index in [0.717, 1.165) is 42.4 Å². The summed E-state index contributed by atoms with van der Waals surface area (Å²) in [7, 11) is 0. The highest BCUT2D eigenvalue weighted by atomic mass is 16.3. The number of rotatable bonds is 6. The molecular weight excluding hydrogens is 404 g/mol. The first-order valence-corrected chi connectivity index (χ1v) is 11.1. The van der Waals surface area contributed by atoms with Gasteiger partial charge >= 0.3 is 0 Å². The van der Waals surface area contributed by atoms with Crippen molar-refractivity contribution >= 4 is 28.4 Å². The average molecular weight is 431 g/mol. The van der Waals surface area contributed by atoms with E-state index in [1.54, 1.807) is 12.3 Å². The quantitative estimate of drug-likeness (QED) is 0.434. The predicted octanol–water partition coefficient (Wildman–Crippen LogP) is 2.97. The minimum atomic E-state index is -0.207. The van der Waals surface area contributed by atoms with E-state index in [9.17, 15) is 9.90 Å². The molecule has 3 N–H and O–H groups in total. The largest absolute Gasteiger partial charge is 0.393 e. The van der Waals surface area contributed by atoms with Crippen molar-refractivity contribution in [3.8, 4) is 0 Å². The van der Waals surface area contributed by atoms with Gasteiger partial charge in [-0.2, -0.15) is 0 Å². The zero-order chi connectivity index (χ0) is 21.9. The minimum Gasteiger partial charge on any atom is -0.393 e. The number of nitrogens with zero attached hydrogens (tertiary/aromatic N) is 4. The number of hydrogen-bond acceptors (Lipinski definition) is 6. The van der Waals surface area contributed by atoms with Gasteiger partial charge in [0.05, 0.1) is 22.9 Å². The number of benzene rings is 1. The highest BCUT2D eigenvalue weighted by molar-refractivity contribution is 6.05. The van der Waals surface area contributed by atoms with Gasteiger partial charge in [-0.15, -0.1) is 0 Å². The molecule has 4 aromatic rings. The highest BCUT2D eigenvalue weighted by Crippen LogP contribution is 2.23. The monoisotopic (exact) mass is 430 g/mol. The summed E-state index contributed by atoms with van der Waals surface area (Å²) in [5.41, 5.74) is 2.99. The number of carbonyl (C=O) groups is 1. The van der Waals surface area contributed by atoms with Crippen LogP contribution in [0, 0.1) is 0 Å². The van der Waals surface area contributed by atoms with E-state index in [2.05, 4.69) is 25.6 Å². The first-order valence-electron chi connectivity index (χ1n) is 11.1. The molecule has 3 aromatic heterocycles. The van der Waals surface area contributed by atoms with Crippen LogP contribution in [-0.4, -0.2) is 49.1 Å². The van der Waals surface area contributed by atoms with Crippen LogP contribution in [0.1, 0.15) is 41.7 Å². The van der Waals surface area contributed by atoms with Crippen LogP contribution >= 0.6 is 0 Å². The number of anilines is 1. The van der Waals surface area contributed by atoms with Gasteiger partial charge in [0.1, 0.15) is 5.65 Å². The van der Waals surface area contributed by atoms with Gasteiger partial charge in [0.25, 0.3) is 5.91 Å². The van der Waals surface area contributed by atoms with Crippen molar-refractivity contribution in [1.29, 1.82) is 0 Å². The Labute approximate surface area is 185 Å². The molecule has 32 heavy (non-hydrogen) atoms. The van der Waals surface area contributed by atoms with E-state index in [4.69, 9.17) is 0 Å². The fraction of sp³-hybridized carbons (Fsp3) is 0.333. The van der Waals surface area contributed by atoms with Crippen molar-refractivity contribution in [2.45, 2.75) is 44.2 Å².